The molecule has 0 bridgehead atoms. The lowest BCUT2D eigenvalue weighted by Crippen LogP contribution is -2.37. The molecule has 1 aromatic carbocycles. The van der Waals surface area contributed by atoms with E-state index in [0.29, 0.717) is 6.54 Å². The summed E-state index contributed by atoms with van der Waals surface area (Å²) in [5, 5.41) is 7.94. The fourth-order valence-electron chi connectivity index (χ4n) is 2.68. The Labute approximate surface area is 161 Å². The molecule has 2 aromatic rings. The number of nitrogens with zero attached hydrogens (tertiary/aromatic N) is 3. The average molecular weight is 374 g/mol. The van der Waals surface area contributed by atoms with Gasteiger partial charge in [0.1, 0.15) is 5.82 Å². The maximum absolute atomic E-state index is 4.80. The first-order chi connectivity index (χ1) is 12.7. The topological polar surface area (TPSA) is 52.6 Å². The number of benzene rings is 1. The van der Waals surface area contributed by atoms with Gasteiger partial charge in [-0.1, -0.05) is 18.2 Å². The molecule has 0 aliphatic rings. The number of pyridine rings is 1. The second-order valence-corrected chi connectivity index (χ2v) is 7.36. The van der Waals surface area contributed by atoms with Crippen molar-refractivity contribution >= 4 is 34.4 Å². The number of guanidine groups is 1. The van der Waals surface area contributed by atoms with Crippen LogP contribution in [0.15, 0.2) is 35.3 Å². The van der Waals surface area contributed by atoms with E-state index >= 15 is 0 Å². The van der Waals surface area contributed by atoms with Crippen LogP contribution in [0.3, 0.4) is 0 Å². The molecule has 0 aliphatic heterocycles. The van der Waals surface area contributed by atoms with Gasteiger partial charge in [0, 0.05) is 32.6 Å². The highest BCUT2D eigenvalue weighted by molar-refractivity contribution is 7.98. The Kier molecular flexibility index (Phi) is 8.54. The number of fused-ring (bicyclic) bond motifs is 1. The molecule has 0 atom stereocenters. The molecule has 5 nitrogen and oxygen atoms in total. The van der Waals surface area contributed by atoms with Crippen LogP contribution in [0.4, 0.5) is 5.82 Å². The number of aliphatic imine (C=N–C) groups is 1. The van der Waals surface area contributed by atoms with Gasteiger partial charge in [-0.3, -0.25) is 0 Å². The fraction of sp³-hybridized carbons (Fsp3) is 0.500. The Bertz CT molecular complexity index is 714. The van der Waals surface area contributed by atoms with Crippen molar-refractivity contribution in [2.24, 2.45) is 4.99 Å². The second-order valence-electron chi connectivity index (χ2n) is 6.37. The summed E-state index contributed by atoms with van der Waals surface area (Å²) < 4.78 is 0. The van der Waals surface area contributed by atoms with Crippen LogP contribution in [0.5, 0.6) is 0 Å². The van der Waals surface area contributed by atoms with Gasteiger partial charge in [0.25, 0.3) is 0 Å². The normalized spacial score (nSPS) is 11.6. The number of thioether (sulfide) groups is 1. The molecule has 0 spiro atoms. The van der Waals surface area contributed by atoms with E-state index < -0.39 is 0 Å². The lowest BCUT2D eigenvalue weighted by Gasteiger charge is -2.15. The van der Waals surface area contributed by atoms with E-state index in [-0.39, 0.29) is 0 Å². The molecule has 1 heterocycles. The van der Waals surface area contributed by atoms with Gasteiger partial charge >= 0.3 is 0 Å². The van der Waals surface area contributed by atoms with Crippen molar-refractivity contribution in [3.8, 4) is 0 Å². The summed E-state index contributed by atoms with van der Waals surface area (Å²) in [4.78, 5) is 11.6. The maximum atomic E-state index is 4.80. The first-order valence-electron chi connectivity index (χ1n) is 9.22. The van der Waals surface area contributed by atoms with Crippen LogP contribution in [0, 0.1) is 0 Å². The number of rotatable bonds is 9. The molecule has 26 heavy (non-hydrogen) atoms. The van der Waals surface area contributed by atoms with Gasteiger partial charge in [0.05, 0.1) is 12.1 Å². The first kappa shape index (κ1) is 20.4. The van der Waals surface area contributed by atoms with Crippen molar-refractivity contribution in [3.05, 3.63) is 35.9 Å². The van der Waals surface area contributed by atoms with Crippen molar-refractivity contribution in [1.82, 2.24) is 15.6 Å². The standard InChI is InChI=1S/C20H31N5S/c1-5-21-20(22-12-8-9-13-26-4)23-15-16-14-19(25(2)3)24-18-11-7-6-10-17(16)18/h6-7,10-11,14H,5,8-9,12-13,15H2,1-4H3,(H2,21,22,23). The Balaban J connectivity index is 2.14. The summed E-state index contributed by atoms with van der Waals surface area (Å²) >= 11 is 1.90. The molecule has 0 radical (unpaired) electrons. The van der Waals surface area contributed by atoms with Crippen LogP contribution >= 0.6 is 11.8 Å². The minimum absolute atomic E-state index is 0.629. The van der Waals surface area contributed by atoms with E-state index in [9.17, 15) is 0 Å². The minimum Gasteiger partial charge on any atom is -0.363 e. The third-order valence-corrected chi connectivity index (χ3v) is 4.76. The lowest BCUT2D eigenvalue weighted by atomic mass is 10.1. The number of aromatic nitrogens is 1. The summed E-state index contributed by atoms with van der Waals surface area (Å²) in [6, 6.07) is 10.4. The maximum Gasteiger partial charge on any atom is 0.191 e. The van der Waals surface area contributed by atoms with Crippen LogP contribution in [0.1, 0.15) is 25.3 Å². The van der Waals surface area contributed by atoms with Crippen LogP contribution < -0.4 is 15.5 Å². The highest BCUT2D eigenvalue weighted by Gasteiger charge is 2.07. The van der Waals surface area contributed by atoms with E-state index in [1.165, 1.54) is 17.7 Å². The molecule has 2 rings (SSSR count). The van der Waals surface area contributed by atoms with E-state index in [4.69, 9.17) is 9.98 Å². The van der Waals surface area contributed by atoms with Crippen LogP contribution in [0.2, 0.25) is 0 Å². The van der Waals surface area contributed by atoms with Gasteiger partial charge in [-0.25, -0.2) is 9.98 Å². The van der Waals surface area contributed by atoms with Crippen LogP contribution in [-0.2, 0) is 6.54 Å². The van der Waals surface area contributed by atoms with E-state index in [2.05, 4.69) is 48.1 Å². The zero-order valence-corrected chi connectivity index (χ0v) is 17.2. The third-order valence-electron chi connectivity index (χ3n) is 4.07. The van der Waals surface area contributed by atoms with Crippen molar-refractivity contribution in [3.63, 3.8) is 0 Å². The smallest absolute Gasteiger partial charge is 0.191 e. The Morgan fingerprint density at radius 2 is 2.00 bits per heavy atom. The van der Waals surface area contributed by atoms with Crippen molar-refractivity contribution < 1.29 is 0 Å². The molecule has 1 aromatic heterocycles. The molecular formula is C20H31N5S. The Hall–Kier alpha value is -1.95. The van der Waals surface area contributed by atoms with Crippen molar-refractivity contribution in [2.45, 2.75) is 26.3 Å². The van der Waals surface area contributed by atoms with Gasteiger partial charge in [0.2, 0.25) is 0 Å². The van der Waals surface area contributed by atoms with Crippen molar-refractivity contribution in [2.75, 3.05) is 44.1 Å². The average Bonchev–Trinajstić information content (AvgIpc) is 2.65. The summed E-state index contributed by atoms with van der Waals surface area (Å²) in [5.74, 6) is 3.05. The Morgan fingerprint density at radius 3 is 2.73 bits per heavy atom. The number of para-hydroxylation sites is 1. The van der Waals surface area contributed by atoms with Gasteiger partial charge in [-0.2, -0.15) is 11.8 Å². The summed E-state index contributed by atoms with van der Waals surface area (Å²) in [5.41, 5.74) is 2.21. The molecule has 0 saturated heterocycles. The summed E-state index contributed by atoms with van der Waals surface area (Å²) in [7, 11) is 4.04. The zero-order chi connectivity index (χ0) is 18.8. The van der Waals surface area contributed by atoms with Gasteiger partial charge in [0.15, 0.2) is 5.96 Å². The van der Waals surface area contributed by atoms with Gasteiger partial charge in [-0.05, 0) is 49.5 Å². The molecular weight excluding hydrogens is 342 g/mol. The van der Waals surface area contributed by atoms with Crippen LogP contribution in [0.25, 0.3) is 10.9 Å². The predicted molar refractivity (Wildman–Crippen MR) is 117 cm³/mol. The number of nitrogens with one attached hydrogen (secondary N) is 2. The Morgan fingerprint density at radius 1 is 1.19 bits per heavy atom. The fourth-order valence-corrected chi connectivity index (χ4v) is 3.17. The molecule has 0 saturated carbocycles. The molecule has 0 amide bonds. The second kappa shape index (κ2) is 10.9. The largest absolute Gasteiger partial charge is 0.363 e. The number of hydrogen-bond donors (Lipinski definition) is 2. The highest BCUT2D eigenvalue weighted by atomic mass is 32.2. The van der Waals surface area contributed by atoms with E-state index in [1.54, 1.807) is 0 Å². The first-order valence-corrected chi connectivity index (χ1v) is 10.6. The molecule has 0 unspecified atom stereocenters. The highest BCUT2D eigenvalue weighted by Crippen LogP contribution is 2.22. The molecule has 2 N–H and O–H groups in total. The molecule has 142 valence electrons. The summed E-state index contributed by atoms with van der Waals surface area (Å²) in [6.07, 6.45) is 4.54. The van der Waals surface area contributed by atoms with E-state index in [1.807, 2.05) is 36.8 Å². The van der Waals surface area contributed by atoms with Crippen molar-refractivity contribution in [1.29, 1.82) is 0 Å². The quantitative estimate of drug-likeness (QED) is 0.400. The van der Waals surface area contributed by atoms with Gasteiger partial charge in [-0.15, -0.1) is 0 Å². The molecule has 0 fully saturated rings. The predicted octanol–water partition coefficient (Wildman–Crippen LogP) is 3.50. The number of anilines is 1. The van der Waals surface area contributed by atoms with Gasteiger partial charge < -0.3 is 15.5 Å². The summed E-state index contributed by atoms with van der Waals surface area (Å²) in [6.45, 7) is 4.53. The van der Waals surface area contributed by atoms with Crippen LogP contribution in [-0.4, -0.2) is 50.1 Å². The molecule has 6 heteroatoms. The number of unbranched alkanes of at least 4 members (excludes halogenated alkanes) is 1. The zero-order valence-electron chi connectivity index (χ0n) is 16.4. The lowest BCUT2D eigenvalue weighted by molar-refractivity contribution is 0.734. The monoisotopic (exact) mass is 373 g/mol. The van der Waals surface area contributed by atoms with E-state index in [0.717, 1.165) is 42.2 Å². The minimum atomic E-state index is 0.629. The molecule has 0 aliphatic carbocycles. The third kappa shape index (κ3) is 6.09. The SMILES string of the molecule is CCNC(=NCc1cc(N(C)C)nc2ccccc12)NCCCCSC. The number of hydrogen-bond acceptors (Lipinski definition) is 4.